The van der Waals surface area contributed by atoms with Gasteiger partial charge >= 0.3 is 0 Å². The molecule has 1 aliphatic heterocycles. The Morgan fingerprint density at radius 1 is 1.35 bits per heavy atom. The van der Waals surface area contributed by atoms with Gasteiger partial charge in [0.25, 0.3) is 10.0 Å². The normalized spacial score (nSPS) is 15.2. The van der Waals surface area contributed by atoms with E-state index in [0.717, 1.165) is 18.4 Å². The van der Waals surface area contributed by atoms with Gasteiger partial charge in [0.1, 0.15) is 0 Å². The molecule has 6 nitrogen and oxygen atoms in total. The van der Waals surface area contributed by atoms with E-state index < -0.39 is 10.0 Å². The fourth-order valence-corrected chi connectivity index (χ4v) is 3.98. The highest BCUT2D eigenvalue weighted by Gasteiger charge is 2.30. The van der Waals surface area contributed by atoms with Gasteiger partial charge in [-0.1, -0.05) is 0 Å². The zero-order valence-electron chi connectivity index (χ0n) is 11.2. The van der Waals surface area contributed by atoms with Crippen molar-refractivity contribution >= 4 is 21.4 Å². The zero-order valence-corrected chi connectivity index (χ0v) is 12.0. The van der Waals surface area contributed by atoms with E-state index >= 15 is 0 Å². The summed E-state index contributed by atoms with van der Waals surface area (Å²) in [6, 6.07) is 5.34. The lowest BCUT2D eigenvalue weighted by Crippen LogP contribution is -2.35. The number of imidazole rings is 1. The number of aryl methyl sites for hydroxylation is 2. The van der Waals surface area contributed by atoms with Crippen LogP contribution >= 0.6 is 0 Å². The standard InChI is InChI=1S/C13H16N4O2S/c1-16-8-13(15-9-16)20(18,19)17-6-2-3-10-7-11(14)4-5-12(10)17/h4-5,7-9H,2-3,6,14H2,1H3. The van der Waals surface area contributed by atoms with Gasteiger partial charge in [0.05, 0.1) is 12.0 Å². The van der Waals surface area contributed by atoms with E-state index in [-0.39, 0.29) is 5.03 Å². The molecule has 0 unspecified atom stereocenters. The Bertz CT molecular complexity index is 751. The summed E-state index contributed by atoms with van der Waals surface area (Å²) < 4.78 is 28.4. The van der Waals surface area contributed by atoms with Crippen LogP contribution in [0.15, 0.2) is 35.7 Å². The molecule has 0 bridgehead atoms. The summed E-state index contributed by atoms with van der Waals surface area (Å²) in [6.07, 6.45) is 4.62. The molecule has 0 amide bonds. The minimum absolute atomic E-state index is 0.0738. The molecule has 2 heterocycles. The predicted molar refractivity (Wildman–Crippen MR) is 76.9 cm³/mol. The molecule has 1 aliphatic rings. The highest BCUT2D eigenvalue weighted by molar-refractivity contribution is 7.92. The Morgan fingerprint density at radius 2 is 2.15 bits per heavy atom. The molecule has 2 N–H and O–H groups in total. The molecule has 1 aromatic carbocycles. The molecule has 0 aliphatic carbocycles. The van der Waals surface area contributed by atoms with Gasteiger partial charge < -0.3 is 10.3 Å². The Balaban J connectivity index is 2.08. The summed E-state index contributed by atoms with van der Waals surface area (Å²) in [5, 5.41) is 0.0738. The monoisotopic (exact) mass is 292 g/mol. The van der Waals surface area contributed by atoms with Crippen molar-refractivity contribution in [3.63, 3.8) is 0 Å². The number of nitrogen functional groups attached to an aromatic ring is 1. The molecule has 2 aromatic rings. The summed E-state index contributed by atoms with van der Waals surface area (Å²) in [5.74, 6) is 0. The van der Waals surface area contributed by atoms with E-state index in [1.54, 1.807) is 23.7 Å². The number of anilines is 2. The molecule has 7 heteroatoms. The molecule has 0 saturated carbocycles. The summed E-state index contributed by atoms with van der Waals surface area (Å²) >= 11 is 0. The lowest BCUT2D eigenvalue weighted by Gasteiger charge is -2.29. The predicted octanol–water partition coefficient (Wildman–Crippen LogP) is 1.14. The van der Waals surface area contributed by atoms with Crippen LogP contribution in [0, 0.1) is 0 Å². The third-order valence-corrected chi connectivity index (χ3v) is 5.11. The van der Waals surface area contributed by atoms with E-state index in [1.807, 2.05) is 6.07 Å². The third kappa shape index (κ3) is 2.03. The summed E-state index contributed by atoms with van der Waals surface area (Å²) in [5.41, 5.74) is 8.09. The molecule has 0 radical (unpaired) electrons. The molecule has 3 rings (SSSR count). The van der Waals surface area contributed by atoms with Crippen LogP contribution in [0.25, 0.3) is 0 Å². The SMILES string of the molecule is Cn1cnc(S(=O)(=O)N2CCCc3cc(N)ccc32)c1. The fourth-order valence-electron chi connectivity index (χ4n) is 2.47. The molecular weight excluding hydrogens is 276 g/mol. The summed E-state index contributed by atoms with van der Waals surface area (Å²) in [6.45, 7) is 0.468. The number of hydrogen-bond donors (Lipinski definition) is 1. The number of benzene rings is 1. The van der Waals surface area contributed by atoms with Crippen LogP contribution in [0.3, 0.4) is 0 Å². The van der Waals surface area contributed by atoms with Crippen molar-refractivity contribution in [2.24, 2.45) is 7.05 Å². The zero-order chi connectivity index (χ0) is 14.3. The third-order valence-electron chi connectivity index (χ3n) is 3.42. The Hall–Kier alpha value is -2.02. The smallest absolute Gasteiger partial charge is 0.283 e. The van der Waals surface area contributed by atoms with Crippen molar-refractivity contribution in [3.05, 3.63) is 36.3 Å². The van der Waals surface area contributed by atoms with Gasteiger partial charge in [-0.2, -0.15) is 8.42 Å². The van der Waals surface area contributed by atoms with Gasteiger partial charge in [-0.15, -0.1) is 0 Å². The number of fused-ring (bicyclic) bond motifs is 1. The van der Waals surface area contributed by atoms with Crippen molar-refractivity contribution in [2.45, 2.75) is 17.9 Å². The highest BCUT2D eigenvalue weighted by atomic mass is 32.2. The lowest BCUT2D eigenvalue weighted by molar-refractivity contribution is 0.583. The second-order valence-electron chi connectivity index (χ2n) is 4.95. The molecule has 0 saturated heterocycles. The minimum Gasteiger partial charge on any atom is -0.399 e. The van der Waals surface area contributed by atoms with Gasteiger partial charge in [0.2, 0.25) is 0 Å². The number of sulfonamides is 1. The van der Waals surface area contributed by atoms with Crippen molar-refractivity contribution in [3.8, 4) is 0 Å². The molecule has 1 aromatic heterocycles. The number of nitrogens with two attached hydrogens (primary N) is 1. The van der Waals surface area contributed by atoms with Crippen molar-refractivity contribution < 1.29 is 8.42 Å². The first kappa shape index (κ1) is 13.0. The maximum Gasteiger partial charge on any atom is 0.283 e. The number of rotatable bonds is 2. The molecule has 0 atom stereocenters. The van der Waals surface area contributed by atoms with Crippen LogP contribution in [0.1, 0.15) is 12.0 Å². The number of hydrogen-bond acceptors (Lipinski definition) is 4. The quantitative estimate of drug-likeness (QED) is 0.842. The molecule has 20 heavy (non-hydrogen) atoms. The van der Waals surface area contributed by atoms with Crippen molar-refractivity contribution in [1.29, 1.82) is 0 Å². The maximum atomic E-state index is 12.7. The fraction of sp³-hybridized carbons (Fsp3) is 0.308. The average Bonchev–Trinajstić information content (AvgIpc) is 2.85. The highest BCUT2D eigenvalue weighted by Crippen LogP contribution is 2.32. The largest absolute Gasteiger partial charge is 0.399 e. The number of aromatic nitrogens is 2. The Labute approximate surface area is 117 Å². The van der Waals surface area contributed by atoms with Gasteiger partial charge in [-0.25, -0.2) is 4.98 Å². The Morgan fingerprint density at radius 3 is 2.85 bits per heavy atom. The first-order valence-corrected chi connectivity index (χ1v) is 7.81. The van der Waals surface area contributed by atoms with Crippen molar-refractivity contribution in [2.75, 3.05) is 16.6 Å². The van der Waals surface area contributed by atoms with Gasteiger partial charge in [0, 0.05) is 25.5 Å². The van der Waals surface area contributed by atoms with Crippen LogP contribution in [0.5, 0.6) is 0 Å². The number of nitrogens with zero attached hydrogens (tertiary/aromatic N) is 3. The van der Waals surface area contributed by atoms with E-state index in [9.17, 15) is 8.42 Å². The van der Waals surface area contributed by atoms with Crippen LogP contribution in [0.2, 0.25) is 0 Å². The lowest BCUT2D eigenvalue weighted by atomic mass is 10.0. The molecule has 106 valence electrons. The van der Waals surface area contributed by atoms with E-state index in [1.165, 1.54) is 16.8 Å². The molecule has 0 spiro atoms. The second-order valence-corrected chi connectivity index (χ2v) is 6.76. The van der Waals surface area contributed by atoms with Crippen LogP contribution in [0.4, 0.5) is 11.4 Å². The molecule has 0 fully saturated rings. The summed E-state index contributed by atoms with van der Waals surface area (Å²) in [4.78, 5) is 3.96. The maximum absolute atomic E-state index is 12.7. The minimum atomic E-state index is -3.61. The van der Waals surface area contributed by atoms with Gasteiger partial charge in [-0.3, -0.25) is 4.31 Å². The van der Waals surface area contributed by atoms with Crippen LogP contribution in [-0.2, 0) is 23.5 Å². The van der Waals surface area contributed by atoms with E-state index in [2.05, 4.69) is 4.98 Å². The Kier molecular flexibility index (Phi) is 2.93. The van der Waals surface area contributed by atoms with Crippen LogP contribution < -0.4 is 10.0 Å². The molecular formula is C13H16N4O2S. The first-order valence-electron chi connectivity index (χ1n) is 6.37. The second kappa shape index (κ2) is 4.52. The topological polar surface area (TPSA) is 81.2 Å². The van der Waals surface area contributed by atoms with Gasteiger partial charge in [-0.05, 0) is 36.6 Å². The van der Waals surface area contributed by atoms with Crippen LogP contribution in [-0.4, -0.2) is 24.5 Å². The summed E-state index contributed by atoms with van der Waals surface area (Å²) in [7, 11) is -1.86. The average molecular weight is 292 g/mol. The van der Waals surface area contributed by atoms with E-state index in [4.69, 9.17) is 5.73 Å². The van der Waals surface area contributed by atoms with Gasteiger partial charge in [0.15, 0.2) is 5.03 Å². The van der Waals surface area contributed by atoms with Crippen molar-refractivity contribution in [1.82, 2.24) is 9.55 Å². The first-order chi connectivity index (χ1) is 9.48. The van der Waals surface area contributed by atoms with E-state index in [0.29, 0.717) is 17.9 Å².